The smallest absolute Gasteiger partial charge is 0.122 e. The molecule has 3 heteroatoms. The molecular weight excluding hydrogens is 206 g/mol. The van der Waals surface area contributed by atoms with Gasteiger partial charge < -0.3 is 10.1 Å². The predicted molar refractivity (Wildman–Crippen MR) is 66.2 cm³/mol. The second kappa shape index (κ2) is 4.03. The maximum Gasteiger partial charge on any atom is 0.122 e. The van der Waals surface area contributed by atoms with E-state index in [9.17, 15) is 0 Å². The molecule has 1 aliphatic rings. The second-order valence-corrected chi connectivity index (χ2v) is 4.09. The topological polar surface area (TPSA) is 21.3 Å². The third-order valence-corrected chi connectivity index (χ3v) is 2.78. The molecule has 0 radical (unpaired) electrons. The Morgan fingerprint density at radius 3 is 2.93 bits per heavy atom. The summed E-state index contributed by atoms with van der Waals surface area (Å²) in [6, 6.07) is 4.19. The molecule has 0 saturated heterocycles. The highest BCUT2D eigenvalue weighted by Crippen LogP contribution is 2.25. The number of benzene rings is 1. The van der Waals surface area contributed by atoms with E-state index in [0.29, 0.717) is 0 Å². The van der Waals surface area contributed by atoms with Crippen molar-refractivity contribution in [2.24, 2.45) is 0 Å². The van der Waals surface area contributed by atoms with Gasteiger partial charge in [0, 0.05) is 12.6 Å². The number of nitrogens with one attached hydrogen (secondary N) is 1. The summed E-state index contributed by atoms with van der Waals surface area (Å²) in [6.45, 7) is 2.05. The lowest BCUT2D eigenvalue weighted by atomic mass is 10.0. The molecule has 1 N–H and O–H groups in total. The van der Waals surface area contributed by atoms with Crippen molar-refractivity contribution in [1.29, 1.82) is 0 Å². The standard InChI is InChI=1S/C12H13NOS/c1-8-5-10-7-12(15)13-4-3-9(10)6-11(8)14-2/h3-6H,7H2,1-2H3,(H,13,15). The highest BCUT2D eigenvalue weighted by molar-refractivity contribution is 7.80. The van der Waals surface area contributed by atoms with Crippen molar-refractivity contribution < 1.29 is 4.74 Å². The molecule has 0 aliphatic carbocycles. The van der Waals surface area contributed by atoms with E-state index in [2.05, 4.69) is 17.4 Å². The lowest BCUT2D eigenvalue weighted by Gasteiger charge is -2.10. The van der Waals surface area contributed by atoms with E-state index in [1.807, 2.05) is 19.2 Å². The summed E-state index contributed by atoms with van der Waals surface area (Å²) in [5.41, 5.74) is 3.57. The van der Waals surface area contributed by atoms with Gasteiger partial charge in [0.15, 0.2) is 0 Å². The molecule has 1 aliphatic heterocycles. The van der Waals surface area contributed by atoms with Gasteiger partial charge in [-0.1, -0.05) is 18.3 Å². The summed E-state index contributed by atoms with van der Waals surface area (Å²) in [6.07, 6.45) is 4.70. The molecule has 1 heterocycles. The largest absolute Gasteiger partial charge is 0.496 e. The zero-order valence-electron chi connectivity index (χ0n) is 8.83. The van der Waals surface area contributed by atoms with Crippen LogP contribution in [0.5, 0.6) is 5.75 Å². The maximum absolute atomic E-state index is 5.29. The zero-order chi connectivity index (χ0) is 10.8. The first kappa shape index (κ1) is 10.2. The van der Waals surface area contributed by atoms with Gasteiger partial charge in [-0.15, -0.1) is 0 Å². The highest BCUT2D eigenvalue weighted by atomic mass is 32.1. The van der Waals surface area contributed by atoms with Gasteiger partial charge in [0.25, 0.3) is 0 Å². The summed E-state index contributed by atoms with van der Waals surface area (Å²) in [5, 5.41) is 3.06. The van der Waals surface area contributed by atoms with Gasteiger partial charge in [-0.3, -0.25) is 0 Å². The zero-order valence-corrected chi connectivity index (χ0v) is 9.65. The number of thiocarbonyl (C=S) groups is 1. The van der Waals surface area contributed by atoms with Crippen LogP contribution < -0.4 is 10.1 Å². The summed E-state index contributed by atoms with van der Waals surface area (Å²) in [5.74, 6) is 0.922. The van der Waals surface area contributed by atoms with Gasteiger partial charge in [0.05, 0.1) is 12.1 Å². The molecule has 0 amide bonds. The molecule has 0 aromatic heterocycles. The van der Waals surface area contributed by atoms with Crippen LogP contribution in [0.3, 0.4) is 0 Å². The van der Waals surface area contributed by atoms with Crippen LogP contribution >= 0.6 is 12.2 Å². The van der Waals surface area contributed by atoms with Gasteiger partial charge in [0.1, 0.15) is 5.75 Å². The summed E-state index contributed by atoms with van der Waals surface area (Å²) in [4.78, 5) is 0.856. The molecule has 0 spiro atoms. The number of ether oxygens (including phenoxy) is 1. The molecule has 78 valence electrons. The Kier molecular flexibility index (Phi) is 2.73. The Balaban J connectivity index is 2.51. The lowest BCUT2D eigenvalue weighted by Crippen LogP contribution is -2.15. The lowest BCUT2D eigenvalue weighted by molar-refractivity contribution is 0.411. The van der Waals surface area contributed by atoms with Gasteiger partial charge in [-0.2, -0.15) is 0 Å². The van der Waals surface area contributed by atoms with Crippen molar-refractivity contribution in [3.63, 3.8) is 0 Å². The van der Waals surface area contributed by atoms with Crippen LogP contribution in [-0.4, -0.2) is 12.1 Å². The van der Waals surface area contributed by atoms with Crippen molar-refractivity contribution in [2.45, 2.75) is 13.3 Å². The fourth-order valence-electron chi connectivity index (χ4n) is 1.74. The van der Waals surface area contributed by atoms with Crippen LogP contribution in [0.1, 0.15) is 16.7 Å². The van der Waals surface area contributed by atoms with Crippen molar-refractivity contribution in [2.75, 3.05) is 7.11 Å². The van der Waals surface area contributed by atoms with Gasteiger partial charge in [-0.05, 0) is 35.8 Å². The van der Waals surface area contributed by atoms with Crippen molar-refractivity contribution in [1.82, 2.24) is 5.32 Å². The SMILES string of the molecule is COc1cc2c(cc1C)CC(=S)NC=C2. The summed E-state index contributed by atoms with van der Waals surface area (Å²) >= 11 is 5.18. The minimum atomic E-state index is 0.794. The molecule has 0 fully saturated rings. The number of aryl methyl sites for hydroxylation is 1. The van der Waals surface area contributed by atoms with Crippen LogP contribution in [0.4, 0.5) is 0 Å². The fraction of sp³-hybridized carbons (Fsp3) is 0.250. The van der Waals surface area contributed by atoms with Crippen LogP contribution in [0.25, 0.3) is 6.08 Å². The molecule has 0 unspecified atom stereocenters. The molecular formula is C12H13NOS. The minimum Gasteiger partial charge on any atom is -0.496 e. The van der Waals surface area contributed by atoms with Crippen LogP contribution in [-0.2, 0) is 6.42 Å². The van der Waals surface area contributed by atoms with Gasteiger partial charge in [0.2, 0.25) is 0 Å². The van der Waals surface area contributed by atoms with Crippen LogP contribution in [0.2, 0.25) is 0 Å². The fourth-order valence-corrected chi connectivity index (χ4v) is 1.96. The third-order valence-electron chi connectivity index (χ3n) is 2.51. The molecule has 0 atom stereocenters. The summed E-state index contributed by atoms with van der Waals surface area (Å²) < 4.78 is 5.29. The monoisotopic (exact) mass is 219 g/mol. The Morgan fingerprint density at radius 1 is 1.40 bits per heavy atom. The molecule has 0 bridgehead atoms. The Labute approximate surface area is 94.9 Å². The second-order valence-electron chi connectivity index (χ2n) is 3.60. The Hall–Kier alpha value is -1.35. The van der Waals surface area contributed by atoms with E-state index < -0.39 is 0 Å². The molecule has 0 saturated carbocycles. The van der Waals surface area contributed by atoms with E-state index in [0.717, 1.165) is 22.7 Å². The molecule has 15 heavy (non-hydrogen) atoms. The average molecular weight is 219 g/mol. The quantitative estimate of drug-likeness (QED) is 0.733. The Morgan fingerprint density at radius 2 is 2.20 bits per heavy atom. The molecule has 1 aromatic carbocycles. The maximum atomic E-state index is 5.29. The van der Waals surface area contributed by atoms with Gasteiger partial charge >= 0.3 is 0 Å². The van der Waals surface area contributed by atoms with Crippen LogP contribution in [0, 0.1) is 6.92 Å². The van der Waals surface area contributed by atoms with Crippen molar-refractivity contribution in [3.8, 4) is 5.75 Å². The Bertz CT molecular complexity index is 437. The van der Waals surface area contributed by atoms with Crippen molar-refractivity contribution >= 4 is 23.3 Å². The first-order chi connectivity index (χ1) is 7.20. The molecule has 1 aromatic rings. The minimum absolute atomic E-state index is 0.794. The van der Waals surface area contributed by atoms with Crippen LogP contribution in [0.15, 0.2) is 18.3 Å². The average Bonchev–Trinajstić information content (AvgIpc) is 2.37. The van der Waals surface area contributed by atoms with E-state index in [-0.39, 0.29) is 0 Å². The number of methoxy groups -OCH3 is 1. The van der Waals surface area contributed by atoms with Gasteiger partial charge in [-0.25, -0.2) is 0 Å². The number of rotatable bonds is 1. The number of hydrogen-bond donors (Lipinski definition) is 1. The first-order valence-electron chi connectivity index (χ1n) is 4.84. The van der Waals surface area contributed by atoms with E-state index in [4.69, 9.17) is 17.0 Å². The molecule has 2 rings (SSSR count). The predicted octanol–water partition coefficient (Wildman–Crippen LogP) is 2.45. The first-order valence-corrected chi connectivity index (χ1v) is 5.25. The normalized spacial score (nSPS) is 14.1. The number of hydrogen-bond acceptors (Lipinski definition) is 2. The van der Waals surface area contributed by atoms with E-state index in [1.165, 1.54) is 11.1 Å². The van der Waals surface area contributed by atoms with E-state index in [1.54, 1.807) is 7.11 Å². The number of fused-ring (bicyclic) bond motifs is 1. The van der Waals surface area contributed by atoms with Crippen molar-refractivity contribution in [3.05, 3.63) is 35.0 Å². The highest BCUT2D eigenvalue weighted by Gasteiger charge is 2.10. The third kappa shape index (κ3) is 2.02. The summed E-state index contributed by atoms with van der Waals surface area (Å²) in [7, 11) is 1.69. The molecule has 2 nitrogen and oxygen atoms in total. The van der Waals surface area contributed by atoms with E-state index >= 15 is 0 Å².